The second-order valence-electron chi connectivity index (χ2n) is 1.57. The number of carbonyl (C=O) groups excluding carboxylic acids is 2. The zero-order chi connectivity index (χ0) is 12.2. The number of halogens is 6. The molecule has 15 heavy (non-hydrogen) atoms. The van der Waals surface area contributed by atoms with Gasteiger partial charge in [0.1, 0.15) is 11.9 Å². The summed E-state index contributed by atoms with van der Waals surface area (Å²) in [7, 11) is 0. The molecular formula is C4H2F6O4Pb. The molecule has 0 atom stereocenters. The molecule has 0 aromatic heterocycles. The van der Waals surface area contributed by atoms with Crippen molar-refractivity contribution in [2.24, 2.45) is 0 Å². The molecule has 0 N–H and O–H groups in total. The van der Waals surface area contributed by atoms with Crippen LogP contribution in [0.5, 0.6) is 0 Å². The Morgan fingerprint density at radius 1 is 0.733 bits per heavy atom. The van der Waals surface area contributed by atoms with Crippen LogP contribution < -0.4 is 10.2 Å². The number of rotatable bonds is 0. The maximum atomic E-state index is 10.5. The second kappa shape index (κ2) is 6.84. The first-order valence-electron chi connectivity index (χ1n) is 2.45. The minimum absolute atomic E-state index is 0. The molecule has 0 spiro atoms. The van der Waals surface area contributed by atoms with Crippen LogP contribution in [0.1, 0.15) is 0 Å². The molecule has 0 fully saturated rings. The third-order valence-electron chi connectivity index (χ3n) is 0.463. The van der Waals surface area contributed by atoms with Gasteiger partial charge >= 0.3 is 39.7 Å². The number of carboxylic acids is 2. The molecule has 0 aliphatic carbocycles. The normalized spacial score (nSPS) is 10.5. The van der Waals surface area contributed by atoms with E-state index in [-0.39, 0.29) is 27.3 Å². The van der Waals surface area contributed by atoms with E-state index in [9.17, 15) is 26.3 Å². The third-order valence-corrected chi connectivity index (χ3v) is 0.463. The topological polar surface area (TPSA) is 80.3 Å². The van der Waals surface area contributed by atoms with Crippen molar-refractivity contribution in [1.29, 1.82) is 0 Å². The third kappa shape index (κ3) is 13.4. The average Bonchev–Trinajstić information content (AvgIpc) is 1.83. The van der Waals surface area contributed by atoms with Crippen molar-refractivity contribution >= 4 is 39.2 Å². The van der Waals surface area contributed by atoms with E-state index in [2.05, 4.69) is 0 Å². The monoisotopic (exact) mass is 436 g/mol. The van der Waals surface area contributed by atoms with E-state index >= 15 is 0 Å². The molecule has 88 valence electrons. The van der Waals surface area contributed by atoms with Crippen LogP contribution in [0, 0.1) is 0 Å². The SMILES string of the molecule is O=C([O-])C(F)(F)F.O=C([O-])C(F)(F)F.[PbH2+2]. The molecule has 11 heteroatoms. The Hall–Kier alpha value is -0.558. The number of hydrogen-bond donors (Lipinski definition) is 0. The van der Waals surface area contributed by atoms with E-state index in [4.69, 9.17) is 19.8 Å². The van der Waals surface area contributed by atoms with Crippen LogP contribution in [0.4, 0.5) is 26.3 Å². The molecule has 0 unspecified atom stereocenters. The van der Waals surface area contributed by atoms with Crippen LogP contribution in [-0.4, -0.2) is 51.6 Å². The summed E-state index contributed by atoms with van der Waals surface area (Å²) in [5, 5.41) is 17.6. The zero-order valence-electron chi connectivity index (χ0n) is 6.61. The summed E-state index contributed by atoms with van der Waals surface area (Å²) >= 11 is 0. The van der Waals surface area contributed by atoms with Gasteiger partial charge in [-0.25, -0.2) is 0 Å². The summed E-state index contributed by atoms with van der Waals surface area (Å²) in [6.07, 6.45) is -10.4. The summed E-state index contributed by atoms with van der Waals surface area (Å²) in [5.74, 6) is -6.01. The van der Waals surface area contributed by atoms with Gasteiger partial charge in [0.25, 0.3) is 0 Å². The molecule has 0 amide bonds. The van der Waals surface area contributed by atoms with Gasteiger partial charge in [-0.15, -0.1) is 0 Å². The molecule has 0 aromatic carbocycles. The molecule has 0 saturated carbocycles. The molecule has 0 aliphatic heterocycles. The Morgan fingerprint density at radius 2 is 0.800 bits per heavy atom. The Bertz CT molecular complexity index is 196. The number of carboxylic acid groups (broad SMARTS) is 2. The Kier molecular flexibility index (Phi) is 9.09. The molecule has 0 radical (unpaired) electrons. The zero-order valence-corrected chi connectivity index (χ0v) is 12.1. The van der Waals surface area contributed by atoms with Crippen molar-refractivity contribution in [1.82, 2.24) is 0 Å². The van der Waals surface area contributed by atoms with E-state index in [0.29, 0.717) is 0 Å². The van der Waals surface area contributed by atoms with Crippen molar-refractivity contribution in [2.45, 2.75) is 12.4 Å². The van der Waals surface area contributed by atoms with E-state index in [0.717, 1.165) is 0 Å². The standard InChI is InChI=1S/2C2HF3O2.Pb.2H/c2*3-2(4,5)1(6)7;;;/h2*(H,6,7);;;/q;;+2;;/p-2. The minimum atomic E-state index is -5.19. The maximum absolute atomic E-state index is 10.5. The van der Waals surface area contributed by atoms with Crippen molar-refractivity contribution in [3.05, 3.63) is 0 Å². The summed E-state index contributed by atoms with van der Waals surface area (Å²) in [6.45, 7) is 0. The van der Waals surface area contributed by atoms with Crippen LogP contribution in [0.3, 0.4) is 0 Å². The summed E-state index contributed by atoms with van der Waals surface area (Å²) < 4.78 is 63.1. The molecule has 4 nitrogen and oxygen atoms in total. The van der Waals surface area contributed by atoms with E-state index in [1.54, 1.807) is 0 Å². The quantitative estimate of drug-likeness (QED) is 0.316. The van der Waals surface area contributed by atoms with Gasteiger partial charge in [-0.3, -0.25) is 0 Å². The molecule has 0 aliphatic rings. The van der Waals surface area contributed by atoms with E-state index in [1.807, 2.05) is 0 Å². The first-order valence-corrected chi connectivity index (χ1v) is 2.45. The number of alkyl halides is 6. The fraction of sp³-hybridized carbons (Fsp3) is 0.500. The summed E-state index contributed by atoms with van der Waals surface area (Å²) in [4.78, 5) is 17.6. The number of hydrogen-bond acceptors (Lipinski definition) is 4. The molecule has 0 aromatic rings. The van der Waals surface area contributed by atoms with Crippen LogP contribution in [0.25, 0.3) is 0 Å². The molecule has 0 rings (SSSR count). The number of aliphatic carboxylic acids is 2. The van der Waals surface area contributed by atoms with E-state index < -0.39 is 24.3 Å². The van der Waals surface area contributed by atoms with Crippen molar-refractivity contribution in [3.8, 4) is 0 Å². The second-order valence-corrected chi connectivity index (χ2v) is 1.57. The average molecular weight is 435 g/mol. The molecule has 0 heterocycles. The van der Waals surface area contributed by atoms with Crippen molar-refractivity contribution in [2.75, 3.05) is 0 Å². The van der Waals surface area contributed by atoms with Crippen LogP contribution >= 0.6 is 0 Å². The summed E-state index contributed by atoms with van der Waals surface area (Å²) in [6, 6.07) is 0. The first-order chi connectivity index (χ1) is 5.89. The van der Waals surface area contributed by atoms with E-state index in [1.165, 1.54) is 0 Å². The molecule has 0 saturated heterocycles. The van der Waals surface area contributed by atoms with Crippen LogP contribution in [0.2, 0.25) is 0 Å². The van der Waals surface area contributed by atoms with Gasteiger partial charge in [-0.05, 0) is 0 Å². The Balaban J connectivity index is -0.000000180. The molecule has 0 bridgehead atoms. The van der Waals surface area contributed by atoms with Gasteiger partial charge in [-0.1, -0.05) is 0 Å². The predicted molar refractivity (Wildman–Crippen MR) is 30.7 cm³/mol. The van der Waals surface area contributed by atoms with Crippen LogP contribution in [0.15, 0.2) is 0 Å². The summed E-state index contributed by atoms with van der Waals surface area (Å²) in [5.41, 5.74) is 0. The van der Waals surface area contributed by atoms with Gasteiger partial charge in [0, 0.05) is 0 Å². The van der Waals surface area contributed by atoms with Gasteiger partial charge in [0.15, 0.2) is 0 Å². The van der Waals surface area contributed by atoms with Crippen LogP contribution in [-0.2, 0) is 9.59 Å². The van der Waals surface area contributed by atoms with Gasteiger partial charge < -0.3 is 19.8 Å². The fourth-order valence-electron chi connectivity index (χ4n) is 0. The van der Waals surface area contributed by atoms with Gasteiger partial charge in [0.2, 0.25) is 0 Å². The predicted octanol–water partition coefficient (Wildman–Crippen LogP) is -2.32. The first kappa shape index (κ1) is 19.9. The Morgan fingerprint density at radius 3 is 0.800 bits per heavy atom. The van der Waals surface area contributed by atoms with Crippen molar-refractivity contribution in [3.63, 3.8) is 0 Å². The van der Waals surface area contributed by atoms with Crippen molar-refractivity contribution < 1.29 is 46.1 Å². The Labute approximate surface area is 98.0 Å². The van der Waals surface area contributed by atoms with Gasteiger partial charge in [0.05, 0.1) is 0 Å². The van der Waals surface area contributed by atoms with Gasteiger partial charge in [-0.2, -0.15) is 26.3 Å². The fourth-order valence-corrected chi connectivity index (χ4v) is 0. The molecular weight excluding hydrogens is 433 g/mol. The number of carbonyl (C=O) groups is 2.